The van der Waals surface area contributed by atoms with E-state index in [1.54, 1.807) is 17.0 Å². The number of nitrogens with one attached hydrogen (secondary N) is 1. The number of ether oxygens (including phenoxy) is 1. The summed E-state index contributed by atoms with van der Waals surface area (Å²) < 4.78 is 29.9. The molecule has 4 amide bonds. The van der Waals surface area contributed by atoms with Gasteiger partial charge in [-0.3, -0.25) is 24.6 Å². The molecule has 0 aromatic heterocycles. The number of hydrogen-bond donors (Lipinski definition) is 1. The predicted molar refractivity (Wildman–Crippen MR) is 125 cm³/mol. The number of piperidine rings is 2. The Hall–Kier alpha value is -2.94. The largest absolute Gasteiger partial charge is 0.444 e. The first-order chi connectivity index (χ1) is 17.2. The van der Waals surface area contributed by atoms with E-state index in [0.717, 1.165) is 11.1 Å². The summed E-state index contributed by atoms with van der Waals surface area (Å²) in [5.41, 5.74) is 1.38. The van der Waals surface area contributed by atoms with Crippen LogP contribution in [0.2, 0.25) is 0 Å². The minimum Gasteiger partial charge on any atom is -0.444 e. The van der Waals surface area contributed by atoms with Crippen LogP contribution in [0.25, 0.3) is 0 Å². The number of benzene rings is 1. The van der Waals surface area contributed by atoms with Crippen LogP contribution in [0.15, 0.2) is 18.2 Å². The second-order valence-electron chi connectivity index (χ2n) is 10.2. The monoisotopic (exact) mass is 473 g/mol. The van der Waals surface area contributed by atoms with Gasteiger partial charge in [0.05, 0.1) is 0 Å². The van der Waals surface area contributed by atoms with Crippen molar-refractivity contribution < 1.29 is 28.0 Å². The predicted octanol–water partition coefficient (Wildman–Crippen LogP) is 2.28. The topological polar surface area (TPSA) is 99.3 Å². The van der Waals surface area contributed by atoms with Gasteiger partial charge in [0.25, 0.3) is 5.91 Å². The minimum atomic E-state index is -2.34. The zero-order valence-electron chi connectivity index (χ0n) is 22.9. The van der Waals surface area contributed by atoms with Gasteiger partial charge in [0.1, 0.15) is 11.6 Å². The van der Waals surface area contributed by atoms with Crippen molar-refractivity contribution >= 4 is 23.8 Å². The molecule has 9 heteroatoms. The zero-order chi connectivity index (χ0) is 27.1. The van der Waals surface area contributed by atoms with Crippen LogP contribution in [0.4, 0.5) is 4.79 Å². The van der Waals surface area contributed by atoms with Crippen LogP contribution in [-0.4, -0.2) is 76.3 Å². The summed E-state index contributed by atoms with van der Waals surface area (Å²) in [7, 11) is 0. The standard InChI is InChI=1S/C25H34N4O5/c1-25(2,3)34-24(33)28-11-9-18(10-12-28)27(4)14-16-5-6-19-17(13-16)15-29(23(19)32)20-7-8-21(30)26-22(20)31/h5-6,13,18,20H,7-12,14-15H2,1-4H3,(H,26,30,31)/i4D3. The Kier molecular flexibility index (Phi) is 5.63. The summed E-state index contributed by atoms with van der Waals surface area (Å²) in [5, 5.41) is 2.29. The summed E-state index contributed by atoms with van der Waals surface area (Å²) in [5.74, 6) is -1.07. The highest BCUT2D eigenvalue weighted by atomic mass is 16.6. The molecule has 1 aromatic rings. The zero-order valence-corrected chi connectivity index (χ0v) is 19.9. The fourth-order valence-electron chi connectivity index (χ4n) is 4.74. The van der Waals surface area contributed by atoms with Gasteiger partial charge in [-0.25, -0.2) is 4.79 Å². The van der Waals surface area contributed by atoms with Gasteiger partial charge in [-0.15, -0.1) is 0 Å². The van der Waals surface area contributed by atoms with Gasteiger partial charge in [0.2, 0.25) is 11.8 Å². The number of likely N-dealkylation sites (tertiary alicyclic amines) is 1. The molecule has 1 atom stereocenters. The highest BCUT2D eigenvalue weighted by Crippen LogP contribution is 2.29. The lowest BCUT2D eigenvalue weighted by Crippen LogP contribution is -2.52. The van der Waals surface area contributed by atoms with Crippen molar-refractivity contribution in [3.63, 3.8) is 0 Å². The Morgan fingerprint density at radius 2 is 1.94 bits per heavy atom. The van der Waals surface area contributed by atoms with Crippen molar-refractivity contribution in [1.29, 1.82) is 0 Å². The molecule has 0 spiro atoms. The van der Waals surface area contributed by atoms with E-state index in [0.29, 0.717) is 31.5 Å². The van der Waals surface area contributed by atoms with Gasteiger partial charge in [-0.05, 0) is 64.2 Å². The van der Waals surface area contributed by atoms with E-state index in [-0.39, 0.29) is 43.8 Å². The molecule has 184 valence electrons. The molecule has 2 saturated heterocycles. The van der Waals surface area contributed by atoms with Crippen LogP contribution in [0.3, 0.4) is 0 Å². The maximum absolute atomic E-state index is 13.0. The molecule has 0 saturated carbocycles. The summed E-state index contributed by atoms with van der Waals surface area (Å²) in [6.07, 6.45) is 1.08. The van der Waals surface area contributed by atoms with E-state index in [1.807, 2.05) is 26.8 Å². The summed E-state index contributed by atoms with van der Waals surface area (Å²) in [4.78, 5) is 53.7. The highest BCUT2D eigenvalue weighted by Gasteiger charge is 2.39. The summed E-state index contributed by atoms with van der Waals surface area (Å²) in [6, 6.07) is 4.31. The number of nitrogens with zero attached hydrogens (tertiary/aromatic N) is 3. The number of fused-ring (bicyclic) bond motifs is 1. The lowest BCUT2D eigenvalue weighted by atomic mass is 10.0. The van der Waals surface area contributed by atoms with Crippen molar-refractivity contribution in [1.82, 2.24) is 20.0 Å². The molecule has 34 heavy (non-hydrogen) atoms. The van der Waals surface area contributed by atoms with E-state index < -0.39 is 30.6 Å². The number of amides is 4. The van der Waals surface area contributed by atoms with Crippen LogP contribution in [0.5, 0.6) is 0 Å². The number of hydrogen-bond acceptors (Lipinski definition) is 6. The quantitative estimate of drug-likeness (QED) is 0.674. The van der Waals surface area contributed by atoms with Crippen molar-refractivity contribution in [3.8, 4) is 0 Å². The molecule has 2 fully saturated rings. The molecule has 9 nitrogen and oxygen atoms in total. The Balaban J connectivity index is 1.43. The maximum Gasteiger partial charge on any atom is 0.410 e. The van der Waals surface area contributed by atoms with Gasteiger partial charge in [0.15, 0.2) is 0 Å². The van der Waals surface area contributed by atoms with E-state index in [4.69, 9.17) is 8.85 Å². The number of imide groups is 1. The maximum atomic E-state index is 13.0. The molecular formula is C25H34N4O5. The lowest BCUT2D eigenvalue weighted by Gasteiger charge is -2.37. The number of carbonyl (C=O) groups excluding carboxylic acids is 4. The molecule has 3 heterocycles. The third-order valence-corrected chi connectivity index (χ3v) is 6.50. The lowest BCUT2D eigenvalue weighted by molar-refractivity contribution is -0.136. The Morgan fingerprint density at radius 1 is 1.21 bits per heavy atom. The van der Waals surface area contributed by atoms with Gasteiger partial charge in [-0.2, -0.15) is 0 Å². The fourth-order valence-corrected chi connectivity index (χ4v) is 4.74. The molecule has 1 unspecified atom stereocenters. The van der Waals surface area contributed by atoms with Crippen molar-refractivity contribution in [3.05, 3.63) is 34.9 Å². The van der Waals surface area contributed by atoms with Crippen LogP contribution >= 0.6 is 0 Å². The average Bonchev–Trinajstić information content (AvgIpc) is 3.11. The van der Waals surface area contributed by atoms with Gasteiger partial charge in [0, 0.05) is 48.3 Å². The second kappa shape index (κ2) is 9.37. The van der Waals surface area contributed by atoms with Crippen molar-refractivity contribution in [2.24, 2.45) is 0 Å². The van der Waals surface area contributed by atoms with Gasteiger partial charge >= 0.3 is 6.09 Å². The molecule has 1 N–H and O–H groups in total. The molecule has 1 aromatic carbocycles. The normalized spacial score (nSPS) is 23.4. The third-order valence-electron chi connectivity index (χ3n) is 6.50. The first kappa shape index (κ1) is 20.4. The molecule has 0 bridgehead atoms. The van der Waals surface area contributed by atoms with Crippen molar-refractivity contribution in [2.45, 2.75) is 77.2 Å². The van der Waals surface area contributed by atoms with Crippen LogP contribution in [0.1, 0.15) is 72.1 Å². The molecule has 0 radical (unpaired) electrons. The molecule has 3 aliphatic rings. The Bertz CT molecular complexity index is 1090. The minimum absolute atomic E-state index is 0.160. The van der Waals surface area contributed by atoms with E-state index in [2.05, 4.69) is 5.32 Å². The van der Waals surface area contributed by atoms with Crippen LogP contribution < -0.4 is 5.32 Å². The van der Waals surface area contributed by atoms with Crippen molar-refractivity contribution in [2.75, 3.05) is 20.1 Å². The highest BCUT2D eigenvalue weighted by molar-refractivity contribution is 6.05. The number of carbonyl (C=O) groups is 4. The molecule has 0 aliphatic carbocycles. The van der Waals surface area contributed by atoms with Crippen LogP contribution in [0, 0.1) is 0 Å². The summed E-state index contributed by atoms with van der Waals surface area (Å²) in [6.45, 7) is 4.29. The number of rotatable bonds is 4. The molecular weight excluding hydrogens is 436 g/mol. The molecule has 4 rings (SSSR count). The first-order valence-corrected chi connectivity index (χ1v) is 11.7. The fraction of sp³-hybridized carbons (Fsp3) is 0.600. The van der Waals surface area contributed by atoms with E-state index in [1.165, 1.54) is 9.80 Å². The smallest absolute Gasteiger partial charge is 0.410 e. The van der Waals surface area contributed by atoms with E-state index in [9.17, 15) is 19.2 Å². The van der Waals surface area contributed by atoms with Crippen LogP contribution in [-0.2, 0) is 27.4 Å². The average molecular weight is 474 g/mol. The SMILES string of the molecule is [2H]C([2H])([2H])N(Cc1ccc2c(c1)CN(C1CCC(=O)NC1=O)C2=O)C1CCN(C(=O)OC(C)(C)C)CC1. The van der Waals surface area contributed by atoms with Gasteiger partial charge < -0.3 is 14.5 Å². The summed E-state index contributed by atoms with van der Waals surface area (Å²) >= 11 is 0. The Morgan fingerprint density at radius 3 is 2.59 bits per heavy atom. The third kappa shape index (κ3) is 5.24. The second-order valence-corrected chi connectivity index (χ2v) is 10.2. The Labute approximate surface area is 204 Å². The first-order valence-electron chi connectivity index (χ1n) is 13.2. The van der Waals surface area contributed by atoms with E-state index >= 15 is 0 Å². The molecule has 3 aliphatic heterocycles. The van der Waals surface area contributed by atoms with Gasteiger partial charge in [-0.1, -0.05) is 12.1 Å².